The normalized spacial score (nSPS) is 19.4. The lowest BCUT2D eigenvalue weighted by atomic mass is 10.1. The molecule has 0 aromatic carbocycles. The molecule has 1 aliphatic heterocycles. The Balaban J connectivity index is 2.21. The second kappa shape index (κ2) is 4.29. The van der Waals surface area contributed by atoms with Crippen molar-refractivity contribution in [2.45, 2.75) is 25.8 Å². The number of amides is 2. The number of fused-ring (bicyclic) bond motifs is 1. The van der Waals surface area contributed by atoms with Crippen LogP contribution in [0.5, 0.6) is 0 Å². The van der Waals surface area contributed by atoms with Crippen LogP contribution in [0.4, 0.5) is 0 Å². The zero-order valence-corrected chi connectivity index (χ0v) is 11.2. The van der Waals surface area contributed by atoms with Crippen molar-refractivity contribution >= 4 is 22.8 Å². The fourth-order valence-electron chi connectivity index (χ4n) is 2.65. The zero-order valence-electron chi connectivity index (χ0n) is 11.2. The molecule has 2 aromatic heterocycles. The molecule has 20 heavy (non-hydrogen) atoms. The van der Waals surface area contributed by atoms with Crippen molar-refractivity contribution in [3.63, 3.8) is 0 Å². The van der Waals surface area contributed by atoms with Gasteiger partial charge in [0.25, 0.3) is 5.56 Å². The van der Waals surface area contributed by atoms with Gasteiger partial charge in [-0.1, -0.05) is 0 Å². The summed E-state index contributed by atoms with van der Waals surface area (Å²) in [5.74, 6) is -0.269. The zero-order chi connectivity index (χ0) is 14.4. The van der Waals surface area contributed by atoms with Crippen molar-refractivity contribution in [2.75, 3.05) is 0 Å². The molecule has 0 saturated carbocycles. The Kier molecular flexibility index (Phi) is 2.70. The van der Waals surface area contributed by atoms with Gasteiger partial charge in [-0.15, -0.1) is 0 Å². The quantitative estimate of drug-likeness (QED) is 0.743. The van der Waals surface area contributed by atoms with Crippen LogP contribution >= 0.6 is 0 Å². The lowest BCUT2D eigenvalue weighted by Gasteiger charge is -2.24. The number of carbonyl (C=O) groups excluding carboxylic acids is 2. The fraction of sp³-hybridized carbons (Fsp3) is 0.385. The summed E-state index contributed by atoms with van der Waals surface area (Å²) in [6.45, 7) is 1.69. The van der Waals surface area contributed by atoms with Gasteiger partial charge in [-0.2, -0.15) is 0 Å². The van der Waals surface area contributed by atoms with Crippen LogP contribution in [0.2, 0.25) is 0 Å². The molecular formula is C13H14N4O3. The molecule has 3 heterocycles. The van der Waals surface area contributed by atoms with Gasteiger partial charge in [0.05, 0.1) is 5.52 Å². The molecule has 1 N–H and O–H groups in total. The number of carbonyl (C=O) groups is 2. The van der Waals surface area contributed by atoms with Gasteiger partial charge >= 0.3 is 0 Å². The summed E-state index contributed by atoms with van der Waals surface area (Å²) in [4.78, 5) is 40.1. The van der Waals surface area contributed by atoms with Crippen LogP contribution in [0.1, 0.15) is 24.7 Å². The summed E-state index contributed by atoms with van der Waals surface area (Å²) in [5.41, 5.74) is 0.813. The molecule has 1 fully saturated rings. The van der Waals surface area contributed by atoms with Gasteiger partial charge in [0.1, 0.15) is 17.4 Å². The maximum Gasteiger partial charge on any atom is 0.278 e. The van der Waals surface area contributed by atoms with E-state index in [-0.39, 0.29) is 17.9 Å². The monoisotopic (exact) mass is 274 g/mol. The molecule has 0 aliphatic carbocycles. The summed E-state index contributed by atoms with van der Waals surface area (Å²) in [7, 11) is 1.76. The summed E-state index contributed by atoms with van der Waals surface area (Å²) in [6, 6.07) is 1.09. The van der Waals surface area contributed by atoms with Gasteiger partial charge in [0.15, 0.2) is 0 Å². The Morgan fingerprint density at radius 3 is 2.80 bits per heavy atom. The van der Waals surface area contributed by atoms with Crippen molar-refractivity contribution in [1.82, 2.24) is 19.4 Å². The molecule has 1 unspecified atom stereocenters. The van der Waals surface area contributed by atoms with Crippen molar-refractivity contribution < 1.29 is 9.59 Å². The van der Waals surface area contributed by atoms with E-state index in [0.717, 1.165) is 0 Å². The van der Waals surface area contributed by atoms with Crippen LogP contribution in [0.3, 0.4) is 0 Å². The maximum atomic E-state index is 12.6. The SMILES string of the molecule is Cc1nc2ccn(C)c2c(=O)n1C1CCC(=O)NC1=O. The van der Waals surface area contributed by atoms with E-state index in [9.17, 15) is 14.4 Å². The molecule has 0 bridgehead atoms. The van der Waals surface area contributed by atoms with E-state index >= 15 is 0 Å². The standard InChI is InChI=1S/C13H14N4O3/c1-7-14-8-5-6-16(2)11(8)13(20)17(7)9-3-4-10(18)15-12(9)19/h5-6,9H,3-4H2,1-2H3,(H,15,18,19). The van der Waals surface area contributed by atoms with Crippen molar-refractivity contribution in [3.8, 4) is 0 Å². The van der Waals surface area contributed by atoms with Crippen LogP contribution in [-0.2, 0) is 16.6 Å². The van der Waals surface area contributed by atoms with E-state index in [1.54, 1.807) is 30.8 Å². The van der Waals surface area contributed by atoms with Crippen LogP contribution in [0.15, 0.2) is 17.1 Å². The molecule has 1 atom stereocenters. The predicted octanol–water partition coefficient (Wildman–Crippen LogP) is 0.0211. The Bertz CT molecular complexity index is 787. The Morgan fingerprint density at radius 1 is 1.35 bits per heavy atom. The minimum Gasteiger partial charge on any atom is -0.345 e. The Labute approximate surface area is 114 Å². The highest BCUT2D eigenvalue weighted by Crippen LogP contribution is 2.19. The lowest BCUT2D eigenvalue weighted by molar-refractivity contribution is -0.135. The molecule has 7 nitrogen and oxygen atoms in total. The first kappa shape index (κ1) is 12.6. The van der Waals surface area contributed by atoms with Gasteiger partial charge in [-0.25, -0.2) is 4.98 Å². The molecule has 1 saturated heterocycles. The molecule has 3 rings (SSSR count). The number of piperidine rings is 1. The number of rotatable bonds is 1. The third-order valence-electron chi connectivity index (χ3n) is 3.63. The summed E-state index contributed by atoms with van der Waals surface area (Å²) < 4.78 is 3.07. The van der Waals surface area contributed by atoms with Crippen LogP contribution in [0.25, 0.3) is 11.0 Å². The minimum absolute atomic E-state index is 0.230. The molecule has 104 valence electrons. The average molecular weight is 274 g/mol. The van der Waals surface area contributed by atoms with E-state index in [0.29, 0.717) is 23.3 Å². The first-order valence-corrected chi connectivity index (χ1v) is 6.37. The molecule has 0 spiro atoms. The minimum atomic E-state index is -0.674. The van der Waals surface area contributed by atoms with Crippen LogP contribution in [0, 0.1) is 6.92 Å². The first-order valence-electron chi connectivity index (χ1n) is 6.37. The lowest BCUT2D eigenvalue weighted by Crippen LogP contribution is -2.45. The van der Waals surface area contributed by atoms with E-state index in [1.807, 2.05) is 0 Å². The van der Waals surface area contributed by atoms with Gasteiger partial charge in [-0.05, 0) is 19.4 Å². The maximum absolute atomic E-state index is 12.6. The molecule has 2 aromatic rings. The number of hydrogen-bond donors (Lipinski definition) is 1. The summed E-state index contributed by atoms with van der Waals surface area (Å²) in [6.07, 6.45) is 2.31. The van der Waals surface area contributed by atoms with Gasteiger partial charge < -0.3 is 4.57 Å². The van der Waals surface area contributed by atoms with Crippen LogP contribution < -0.4 is 10.9 Å². The molecule has 2 amide bonds. The second-order valence-electron chi connectivity index (χ2n) is 4.96. The van der Waals surface area contributed by atoms with Crippen molar-refractivity contribution in [1.29, 1.82) is 0 Å². The third kappa shape index (κ3) is 1.74. The Morgan fingerprint density at radius 2 is 2.10 bits per heavy atom. The summed E-state index contributed by atoms with van der Waals surface area (Å²) >= 11 is 0. The van der Waals surface area contributed by atoms with Gasteiger partial charge in [0.2, 0.25) is 11.8 Å². The van der Waals surface area contributed by atoms with E-state index in [4.69, 9.17) is 0 Å². The summed E-state index contributed by atoms with van der Waals surface area (Å²) in [5, 5.41) is 2.27. The average Bonchev–Trinajstić information content (AvgIpc) is 2.73. The fourth-order valence-corrected chi connectivity index (χ4v) is 2.65. The number of nitrogens with zero attached hydrogens (tertiary/aromatic N) is 3. The first-order chi connectivity index (χ1) is 9.49. The molecule has 7 heteroatoms. The van der Waals surface area contributed by atoms with Crippen LogP contribution in [-0.4, -0.2) is 25.9 Å². The number of hydrogen-bond acceptors (Lipinski definition) is 4. The van der Waals surface area contributed by atoms with Crippen molar-refractivity contribution in [2.24, 2.45) is 7.05 Å². The smallest absolute Gasteiger partial charge is 0.278 e. The Hall–Kier alpha value is -2.44. The third-order valence-corrected chi connectivity index (χ3v) is 3.63. The molecule has 0 radical (unpaired) electrons. The van der Waals surface area contributed by atoms with Crippen molar-refractivity contribution in [3.05, 3.63) is 28.4 Å². The highest BCUT2D eigenvalue weighted by molar-refractivity contribution is 5.99. The molecule has 1 aliphatic rings. The highest BCUT2D eigenvalue weighted by Gasteiger charge is 2.30. The topological polar surface area (TPSA) is 86.0 Å². The second-order valence-corrected chi connectivity index (χ2v) is 4.96. The van der Waals surface area contributed by atoms with E-state index in [2.05, 4.69) is 10.3 Å². The largest absolute Gasteiger partial charge is 0.345 e. The number of imide groups is 1. The van der Waals surface area contributed by atoms with Gasteiger partial charge in [-0.3, -0.25) is 24.3 Å². The number of nitrogens with one attached hydrogen (secondary N) is 1. The predicted molar refractivity (Wildman–Crippen MR) is 71.1 cm³/mol. The number of aryl methyl sites for hydroxylation is 2. The highest BCUT2D eigenvalue weighted by atomic mass is 16.2. The van der Waals surface area contributed by atoms with E-state index < -0.39 is 11.9 Å². The van der Waals surface area contributed by atoms with E-state index in [1.165, 1.54) is 4.57 Å². The van der Waals surface area contributed by atoms with Gasteiger partial charge in [0, 0.05) is 19.7 Å². The molecular weight excluding hydrogens is 260 g/mol. The number of aromatic nitrogens is 3.